The van der Waals surface area contributed by atoms with Crippen LogP contribution in [0.3, 0.4) is 0 Å². The number of aromatic nitrogens is 1. The standard InChI is InChI=1S/C20H22N2O2/c1-3-24-13-8-9-17-16(12-13)14-10-11-21-19(20(14)22-17)15-6-4-5-7-18(15)23-2/h4-9,12,19,21-22H,3,10-11H2,1-2H3. The molecule has 0 aliphatic carbocycles. The number of rotatable bonds is 4. The van der Waals surface area contributed by atoms with Crippen LogP contribution >= 0.6 is 0 Å². The Balaban J connectivity index is 1.84. The molecule has 0 saturated heterocycles. The number of hydrogen-bond acceptors (Lipinski definition) is 3. The summed E-state index contributed by atoms with van der Waals surface area (Å²) < 4.78 is 11.2. The van der Waals surface area contributed by atoms with E-state index in [0.717, 1.165) is 35.5 Å². The van der Waals surface area contributed by atoms with E-state index in [4.69, 9.17) is 9.47 Å². The lowest BCUT2D eigenvalue weighted by Crippen LogP contribution is -2.30. The molecule has 0 saturated carbocycles. The van der Waals surface area contributed by atoms with E-state index in [0.29, 0.717) is 6.61 Å². The zero-order valence-electron chi connectivity index (χ0n) is 14.1. The van der Waals surface area contributed by atoms with Crippen LogP contribution in [0.25, 0.3) is 10.9 Å². The molecule has 1 aliphatic rings. The Morgan fingerprint density at radius 2 is 2.04 bits per heavy atom. The fourth-order valence-electron chi connectivity index (χ4n) is 3.63. The summed E-state index contributed by atoms with van der Waals surface area (Å²) in [4.78, 5) is 3.61. The first kappa shape index (κ1) is 15.1. The minimum absolute atomic E-state index is 0.118. The number of aromatic amines is 1. The van der Waals surface area contributed by atoms with Gasteiger partial charge >= 0.3 is 0 Å². The SMILES string of the molecule is CCOc1ccc2[nH]c3c(c2c1)CCNC3c1ccccc1OC. The highest BCUT2D eigenvalue weighted by Crippen LogP contribution is 2.37. The highest BCUT2D eigenvalue weighted by molar-refractivity contribution is 5.86. The number of nitrogens with one attached hydrogen (secondary N) is 2. The van der Waals surface area contributed by atoms with E-state index in [9.17, 15) is 0 Å². The normalized spacial score (nSPS) is 16.8. The molecule has 4 heteroatoms. The van der Waals surface area contributed by atoms with Gasteiger partial charge in [0.1, 0.15) is 11.5 Å². The van der Waals surface area contributed by atoms with E-state index in [-0.39, 0.29) is 6.04 Å². The Morgan fingerprint density at radius 1 is 1.17 bits per heavy atom. The molecule has 1 unspecified atom stereocenters. The maximum atomic E-state index is 5.67. The summed E-state index contributed by atoms with van der Waals surface area (Å²) in [6.07, 6.45) is 1.01. The van der Waals surface area contributed by atoms with Gasteiger partial charge in [-0.15, -0.1) is 0 Å². The lowest BCUT2D eigenvalue weighted by molar-refractivity contribution is 0.340. The number of ether oxygens (including phenoxy) is 2. The zero-order chi connectivity index (χ0) is 16.5. The van der Waals surface area contributed by atoms with Crippen LogP contribution in [0.15, 0.2) is 42.5 Å². The van der Waals surface area contributed by atoms with Crippen molar-refractivity contribution in [1.82, 2.24) is 10.3 Å². The Hall–Kier alpha value is -2.46. The third-order valence-corrected chi connectivity index (χ3v) is 4.68. The van der Waals surface area contributed by atoms with Crippen molar-refractivity contribution < 1.29 is 9.47 Å². The van der Waals surface area contributed by atoms with E-state index in [1.54, 1.807) is 7.11 Å². The first-order valence-electron chi connectivity index (χ1n) is 8.45. The van der Waals surface area contributed by atoms with Gasteiger partial charge in [0.25, 0.3) is 0 Å². The first-order valence-corrected chi connectivity index (χ1v) is 8.45. The van der Waals surface area contributed by atoms with Crippen LogP contribution in [-0.2, 0) is 6.42 Å². The molecule has 1 atom stereocenters. The van der Waals surface area contributed by atoms with Crippen molar-refractivity contribution >= 4 is 10.9 Å². The Labute approximate surface area is 141 Å². The van der Waals surface area contributed by atoms with Crippen LogP contribution in [0.4, 0.5) is 0 Å². The van der Waals surface area contributed by atoms with Crippen molar-refractivity contribution in [1.29, 1.82) is 0 Å². The van der Waals surface area contributed by atoms with Crippen LogP contribution < -0.4 is 14.8 Å². The molecule has 0 bridgehead atoms. The van der Waals surface area contributed by atoms with Crippen LogP contribution in [0.2, 0.25) is 0 Å². The van der Waals surface area contributed by atoms with Crippen molar-refractivity contribution in [3.63, 3.8) is 0 Å². The second-order valence-corrected chi connectivity index (χ2v) is 6.04. The molecule has 3 aromatic rings. The second kappa shape index (κ2) is 6.21. The third kappa shape index (κ3) is 2.43. The maximum absolute atomic E-state index is 5.67. The first-order chi connectivity index (χ1) is 11.8. The third-order valence-electron chi connectivity index (χ3n) is 4.68. The lowest BCUT2D eigenvalue weighted by Gasteiger charge is -2.26. The second-order valence-electron chi connectivity index (χ2n) is 6.04. The highest BCUT2D eigenvalue weighted by Gasteiger charge is 2.27. The van der Waals surface area contributed by atoms with Gasteiger partial charge in [0.05, 0.1) is 19.8 Å². The molecular weight excluding hydrogens is 300 g/mol. The summed E-state index contributed by atoms with van der Waals surface area (Å²) in [5.41, 5.74) is 4.93. The number of para-hydroxylation sites is 1. The average molecular weight is 322 g/mol. The van der Waals surface area contributed by atoms with E-state index in [1.807, 2.05) is 25.1 Å². The average Bonchev–Trinajstić information content (AvgIpc) is 3.00. The molecule has 0 fully saturated rings. The number of benzene rings is 2. The molecule has 4 rings (SSSR count). The predicted molar refractivity (Wildman–Crippen MR) is 96.0 cm³/mol. The summed E-state index contributed by atoms with van der Waals surface area (Å²) in [6, 6.07) is 14.6. The minimum Gasteiger partial charge on any atom is -0.496 e. The molecule has 1 aliphatic heterocycles. The topological polar surface area (TPSA) is 46.3 Å². The fourth-order valence-corrected chi connectivity index (χ4v) is 3.63. The molecule has 0 spiro atoms. The van der Waals surface area contributed by atoms with Crippen molar-refractivity contribution in [2.75, 3.05) is 20.3 Å². The van der Waals surface area contributed by atoms with E-state index in [2.05, 4.69) is 34.6 Å². The summed E-state index contributed by atoms with van der Waals surface area (Å²) in [5.74, 6) is 1.84. The molecule has 24 heavy (non-hydrogen) atoms. The van der Waals surface area contributed by atoms with E-state index >= 15 is 0 Å². The van der Waals surface area contributed by atoms with Crippen molar-refractivity contribution in [3.8, 4) is 11.5 Å². The highest BCUT2D eigenvalue weighted by atomic mass is 16.5. The molecule has 1 aromatic heterocycles. The monoisotopic (exact) mass is 322 g/mol. The maximum Gasteiger partial charge on any atom is 0.124 e. The Morgan fingerprint density at radius 3 is 2.88 bits per heavy atom. The van der Waals surface area contributed by atoms with Crippen molar-refractivity contribution in [3.05, 3.63) is 59.3 Å². The number of methoxy groups -OCH3 is 1. The summed E-state index contributed by atoms with van der Waals surface area (Å²) in [5, 5.41) is 4.89. The lowest BCUT2D eigenvalue weighted by atomic mass is 9.94. The summed E-state index contributed by atoms with van der Waals surface area (Å²) in [6.45, 7) is 3.64. The van der Waals surface area contributed by atoms with Gasteiger partial charge in [-0.1, -0.05) is 18.2 Å². The summed E-state index contributed by atoms with van der Waals surface area (Å²) in [7, 11) is 1.72. The zero-order valence-corrected chi connectivity index (χ0v) is 14.1. The van der Waals surface area contributed by atoms with Gasteiger partial charge in [0, 0.05) is 28.7 Å². The van der Waals surface area contributed by atoms with Gasteiger partial charge < -0.3 is 19.8 Å². The van der Waals surface area contributed by atoms with E-state index in [1.165, 1.54) is 16.6 Å². The van der Waals surface area contributed by atoms with Gasteiger partial charge in [-0.2, -0.15) is 0 Å². The predicted octanol–water partition coefficient (Wildman–Crippen LogP) is 3.81. The van der Waals surface area contributed by atoms with Crippen molar-refractivity contribution in [2.24, 2.45) is 0 Å². The van der Waals surface area contributed by atoms with Crippen molar-refractivity contribution in [2.45, 2.75) is 19.4 Å². The van der Waals surface area contributed by atoms with E-state index < -0.39 is 0 Å². The number of fused-ring (bicyclic) bond motifs is 3. The molecular formula is C20H22N2O2. The molecule has 2 aromatic carbocycles. The van der Waals surface area contributed by atoms with Crippen LogP contribution in [0.5, 0.6) is 11.5 Å². The minimum atomic E-state index is 0.118. The Bertz CT molecular complexity index is 869. The van der Waals surface area contributed by atoms with Gasteiger partial charge in [-0.05, 0) is 43.2 Å². The molecule has 4 nitrogen and oxygen atoms in total. The molecule has 0 amide bonds. The fraction of sp³-hybridized carbons (Fsp3) is 0.300. The van der Waals surface area contributed by atoms with Gasteiger partial charge in [0.2, 0.25) is 0 Å². The molecule has 2 heterocycles. The molecule has 2 N–H and O–H groups in total. The Kier molecular flexibility index (Phi) is 3.90. The van der Waals surface area contributed by atoms with Crippen LogP contribution in [0.1, 0.15) is 29.8 Å². The molecule has 0 radical (unpaired) electrons. The van der Waals surface area contributed by atoms with Gasteiger partial charge in [0.15, 0.2) is 0 Å². The van der Waals surface area contributed by atoms with Crippen LogP contribution in [-0.4, -0.2) is 25.2 Å². The quantitative estimate of drug-likeness (QED) is 0.768. The largest absolute Gasteiger partial charge is 0.496 e. The number of H-pyrrole nitrogens is 1. The van der Waals surface area contributed by atoms with Crippen LogP contribution in [0, 0.1) is 0 Å². The molecule has 124 valence electrons. The number of hydrogen-bond donors (Lipinski definition) is 2. The summed E-state index contributed by atoms with van der Waals surface area (Å²) >= 11 is 0. The van der Waals surface area contributed by atoms with Gasteiger partial charge in [-0.25, -0.2) is 0 Å². The van der Waals surface area contributed by atoms with Gasteiger partial charge in [-0.3, -0.25) is 0 Å². The smallest absolute Gasteiger partial charge is 0.124 e.